The summed E-state index contributed by atoms with van der Waals surface area (Å²) < 4.78 is 6.01. The van der Waals surface area contributed by atoms with Crippen LogP contribution in [0.15, 0.2) is 66.0 Å². The first-order chi connectivity index (χ1) is 11.3. The molecule has 0 aliphatic carbocycles. The maximum atomic E-state index is 6.01. The Labute approximate surface area is 140 Å². The number of pyridine rings is 2. The predicted octanol–water partition coefficient (Wildman–Crippen LogP) is 5.22. The van der Waals surface area contributed by atoms with Crippen molar-refractivity contribution in [1.29, 1.82) is 0 Å². The average Bonchev–Trinajstić information content (AvgIpc) is 2.63. The van der Waals surface area contributed by atoms with Crippen LogP contribution in [0.2, 0.25) is 0 Å². The van der Waals surface area contributed by atoms with Crippen molar-refractivity contribution in [3.63, 3.8) is 0 Å². The van der Waals surface area contributed by atoms with E-state index in [0.29, 0.717) is 5.88 Å². The van der Waals surface area contributed by atoms with Gasteiger partial charge in [0, 0.05) is 34.6 Å². The zero-order valence-corrected chi connectivity index (χ0v) is 14.0. The Morgan fingerprint density at radius 3 is 2.57 bits per heavy atom. The molecule has 0 bridgehead atoms. The molecule has 0 radical (unpaired) electrons. The van der Waals surface area contributed by atoms with E-state index in [0.717, 1.165) is 23.3 Å². The standard InChI is InChI=1S/C19H18N2OS/c1-3-14-10-12-20-13-18(14)17-5-4-11-21-19(17)22-15-6-8-16(23-2)9-7-15/h4-13H,3H2,1-2H3. The fourth-order valence-electron chi connectivity index (χ4n) is 2.41. The van der Waals surface area contributed by atoms with E-state index in [1.165, 1.54) is 10.5 Å². The summed E-state index contributed by atoms with van der Waals surface area (Å²) in [6.07, 6.45) is 8.44. The summed E-state index contributed by atoms with van der Waals surface area (Å²) in [5.74, 6) is 1.39. The van der Waals surface area contributed by atoms with Crippen LogP contribution in [-0.2, 0) is 6.42 Å². The topological polar surface area (TPSA) is 35.0 Å². The van der Waals surface area contributed by atoms with Gasteiger partial charge in [-0.3, -0.25) is 4.98 Å². The molecule has 3 nitrogen and oxygen atoms in total. The molecule has 2 aromatic heterocycles. The van der Waals surface area contributed by atoms with Gasteiger partial charge in [0.25, 0.3) is 0 Å². The monoisotopic (exact) mass is 322 g/mol. The highest BCUT2D eigenvalue weighted by Crippen LogP contribution is 2.33. The minimum atomic E-state index is 0.604. The zero-order valence-electron chi connectivity index (χ0n) is 13.2. The normalized spacial score (nSPS) is 10.5. The first kappa shape index (κ1) is 15.6. The second-order valence-electron chi connectivity index (χ2n) is 5.02. The Morgan fingerprint density at radius 2 is 1.83 bits per heavy atom. The summed E-state index contributed by atoms with van der Waals surface area (Å²) in [5.41, 5.74) is 3.26. The number of aryl methyl sites for hydroxylation is 1. The minimum absolute atomic E-state index is 0.604. The number of ether oxygens (including phenoxy) is 1. The lowest BCUT2D eigenvalue weighted by Crippen LogP contribution is -1.94. The smallest absolute Gasteiger partial charge is 0.227 e. The lowest BCUT2D eigenvalue weighted by atomic mass is 10.0. The molecule has 0 fully saturated rings. The molecule has 0 N–H and O–H groups in total. The van der Waals surface area contributed by atoms with Gasteiger partial charge in [-0.15, -0.1) is 11.8 Å². The van der Waals surface area contributed by atoms with Gasteiger partial charge in [-0.2, -0.15) is 0 Å². The molecular weight excluding hydrogens is 304 g/mol. The molecule has 3 rings (SSSR count). The average molecular weight is 322 g/mol. The minimum Gasteiger partial charge on any atom is -0.438 e. The Kier molecular flexibility index (Phi) is 4.93. The summed E-state index contributed by atoms with van der Waals surface area (Å²) in [6, 6.07) is 14.0. The molecule has 0 aliphatic rings. The molecule has 116 valence electrons. The van der Waals surface area contributed by atoms with E-state index in [4.69, 9.17) is 4.74 Å². The first-order valence-electron chi connectivity index (χ1n) is 7.52. The van der Waals surface area contributed by atoms with Crippen LogP contribution in [0.4, 0.5) is 0 Å². The number of hydrogen-bond donors (Lipinski definition) is 0. The van der Waals surface area contributed by atoms with Crippen LogP contribution in [0.3, 0.4) is 0 Å². The van der Waals surface area contributed by atoms with Crippen LogP contribution in [-0.4, -0.2) is 16.2 Å². The number of aromatic nitrogens is 2. The maximum absolute atomic E-state index is 6.01. The van der Waals surface area contributed by atoms with Crippen LogP contribution in [0.5, 0.6) is 11.6 Å². The van der Waals surface area contributed by atoms with Crippen molar-refractivity contribution < 1.29 is 4.74 Å². The fourth-order valence-corrected chi connectivity index (χ4v) is 2.81. The van der Waals surface area contributed by atoms with Gasteiger partial charge in [0.1, 0.15) is 5.75 Å². The molecule has 0 saturated heterocycles. The SMILES string of the molecule is CCc1ccncc1-c1cccnc1Oc1ccc(SC)cc1. The van der Waals surface area contributed by atoms with E-state index in [1.54, 1.807) is 18.0 Å². The van der Waals surface area contributed by atoms with Gasteiger partial charge in [0.05, 0.1) is 0 Å². The lowest BCUT2D eigenvalue weighted by Gasteiger charge is -2.12. The van der Waals surface area contributed by atoms with E-state index in [2.05, 4.69) is 23.1 Å². The van der Waals surface area contributed by atoms with Crippen LogP contribution in [0.25, 0.3) is 11.1 Å². The van der Waals surface area contributed by atoms with Crippen molar-refractivity contribution >= 4 is 11.8 Å². The highest BCUT2D eigenvalue weighted by Gasteiger charge is 2.12. The van der Waals surface area contributed by atoms with Gasteiger partial charge in [-0.1, -0.05) is 6.92 Å². The third-order valence-electron chi connectivity index (χ3n) is 3.63. The number of benzene rings is 1. The summed E-state index contributed by atoms with van der Waals surface area (Å²) in [5, 5.41) is 0. The van der Waals surface area contributed by atoms with Gasteiger partial charge in [-0.05, 0) is 60.7 Å². The first-order valence-corrected chi connectivity index (χ1v) is 8.74. The quantitative estimate of drug-likeness (QED) is 0.603. The zero-order chi connectivity index (χ0) is 16.1. The van der Waals surface area contributed by atoms with Crippen molar-refractivity contribution in [3.8, 4) is 22.8 Å². The molecule has 4 heteroatoms. The molecule has 0 aliphatic heterocycles. The van der Waals surface area contributed by atoms with Gasteiger partial charge >= 0.3 is 0 Å². The van der Waals surface area contributed by atoms with Gasteiger partial charge in [0.15, 0.2) is 0 Å². The Bertz CT molecular complexity index is 787. The second-order valence-corrected chi connectivity index (χ2v) is 5.90. The van der Waals surface area contributed by atoms with E-state index < -0.39 is 0 Å². The van der Waals surface area contributed by atoms with Gasteiger partial charge < -0.3 is 4.74 Å². The molecule has 3 aromatic rings. The molecule has 0 saturated carbocycles. The molecule has 0 amide bonds. The van der Waals surface area contributed by atoms with Crippen LogP contribution < -0.4 is 4.74 Å². The van der Waals surface area contributed by atoms with Crippen LogP contribution in [0, 0.1) is 0 Å². The van der Waals surface area contributed by atoms with E-state index in [-0.39, 0.29) is 0 Å². The molecule has 23 heavy (non-hydrogen) atoms. The van der Waals surface area contributed by atoms with Crippen molar-refractivity contribution in [3.05, 3.63) is 66.6 Å². The fraction of sp³-hybridized carbons (Fsp3) is 0.158. The van der Waals surface area contributed by atoms with E-state index in [9.17, 15) is 0 Å². The third kappa shape index (κ3) is 3.54. The molecule has 0 unspecified atom stereocenters. The van der Waals surface area contributed by atoms with Gasteiger partial charge in [-0.25, -0.2) is 4.98 Å². The Balaban J connectivity index is 1.97. The Morgan fingerprint density at radius 1 is 1.00 bits per heavy atom. The maximum Gasteiger partial charge on any atom is 0.227 e. The van der Waals surface area contributed by atoms with E-state index >= 15 is 0 Å². The second kappa shape index (κ2) is 7.29. The highest BCUT2D eigenvalue weighted by atomic mass is 32.2. The van der Waals surface area contributed by atoms with Crippen LogP contribution >= 0.6 is 11.8 Å². The largest absolute Gasteiger partial charge is 0.438 e. The van der Waals surface area contributed by atoms with Crippen LogP contribution in [0.1, 0.15) is 12.5 Å². The Hall–Kier alpha value is -2.33. The predicted molar refractivity (Wildman–Crippen MR) is 95.1 cm³/mol. The molecule has 0 atom stereocenters. The molecule has 0 spiro atoms. The number of hydrogen-bond acceptors (Lipinski definition) is 4. The molecule has 1 aromatic carbocycles. The number of thioether (sulfide) groups is 1. The molecular formula is C19H18N2OS. The van der Waals surface area contributed by atoms with Crippen molar-refractivity contribution in [2.24, 2.45) is 0 Å². The lowest BCUT2D eigenvalue weighted by molar-refractivity contribution is 0.464. The van der Waals surface area contributed by atoms with Crippen molar-refractivity contribution in [2.45, 2.75) is 18.2 Å². The summed E-state index contributed by atoms with van der Waals surface area (Å²) in [6.45, 7) is 2.14. The molecule has 2 heterocycles. The summed E-state index contributed by atoms with van der Waals surface area (Å²) >= 11 is 1.71. The van der Waals surface area contributed by atoms with Gasteiger partial charge in [0.2, 0.25) is 5.88 Å². The van der Waals surface area contributed by atoms with Crippen molar-refractivity contribution in [1.82, 2.24) is 9.97 Å². The highest BCUT2D eigenvalue weighted by molar-refractivity contribution is 7.98. The summed E-state index contributed by atoms with van der Waals surface area (Å²) in [7, 11) is 0. The summed E-state index contributed by atoms with van der Waals surface area (Å²) in [4.78, 5) is 9.88. The third-order valence-corrected chi connectivity index (χ3v) is 4.37. The van der Waals surface area contributed by atoms with Crippen molar-refractivity contribution in [2.75, 3.05) is 6.26 Å². The number of rotatable bonds is 5. The number of nitrogens with zero attached hydrogens (tertiary/aromatic N) is 2. The van der Waals surface area contributed by atoms with E-state index in [1.807, 2.05) is 54.9 Å².